The van der Waals surface area contributed by atoms with Crippen LogP contribution in [0.1, 0.15) is 5.69 Å². The van der Waals surface area contributed by atoms with Crippen LogP contribution in [0.25, 0.3) is 0 Å². The zero-order valence-electron chi connectivity index (χ0n) is 6.61. The minimum atomic E-state index is -3.23. The van der Waals surface area contributed by atoms with Crippen LogP contribution in [-0.2, 0) is 10.0 Å². The maximum Gasteiger partial charge on any atom is 0.229 e. The molecule has 0 aliphatic heterocycles. The molecular weight excluding hydrogens is 176 g/mol. The number of anilines is 1. The summed E-state index contributed by atoms with van der Waals surface area (Å²) in [5, 5.41) is 0. The summed E-state index contributed by atoms with van der Waals surface area (Å²) in [5.74, 6) is 0. The Morgan fingerprint density at radius 2 is 2.25 bits per heavy atom. The van der Waals surface area contributed by atoms with E-state index in [-0.39, 0.29) is 0 Å². The minimum absolute atomic E-state index is 0.417. The van der Waals surface area contributed by atoms with Crippen molar-refractivity contribution in [3.63, 3.8) is 0 Å². The van der Waals surface area contributed by atoms with Gasteiger partial charge in [-0.3, -0.25) is 9.71 Å². The van der Waals surface area contributed by atoms with E-state index >= 15 is 0 Å². The first-order valence-corrected chi connectivity index (χ1v) is 5.13. The lowest BCUT2D eigenvalue weighted by molar-refractivity contribution is 0.606. The van der Waals surface area contributed by atoms with E-state index in [0.29, 0.717) is 11.4 Å². The van der Waals surface area contributed by atoms with E-state index in [2.05, 4.69) is 16.6 Å². The SMILES string of the molecule is [CH2]c1ncccc1NS(C)(=O)=O. The van der Waals surface area contributed by atoms with Crippen molar-refractivity contribution in [2.24, 2.45) is 0 Å². The molecule has 0 aliphatic rings. The van der Waals surface area contributed by atoms with E-state index in [1.165, 1.54) is 0 Å². The van der Waals surface area contributed by atoms with Crippen molar-refractivity contribution in [2.75, 3.05) is 11.0 Å². The predicted octanol–water partition coefficient (Wildman–Crippen LogP) is 0.635. The van der Waals surface area contributed by atoms with E-state index in [4.69, 9.17) is 0 Å². The Morgan fingerprint density at radius 3 is 2.75 bits per heavy atom. The fourth-order valence-corrected chi connectivity index (χ4v) is 1.32. The molecule has 1 aromatic rings. The average molecular weight is 185 g/mol. The highest BCUT2D eigenvalue weighted by molar-refractivity contribution is 7.92. The number of aromatic nitrogens is 1. The van der Waals surface area contributed by atoms with Crippen LogP contribution in [0.3, 0.4) is 0 Å². The lowest BCUT2D eigenvalue weighted by Crippen LogP contribution is -2.10. The molecule has 0 aliphatic carbocycles. The van der Waals surface area contributed by atoms with Gasteiger partial charge in [0.1, 0.15) is 0 Å². The van der Waals surface area contributed by atoms with Crippen LogP contribution in [0.5, 0.6) is 0 Å². The summed E-state index contributed by atoms with van der Waals surface area (Å²) in [7, 11) is -3.23. The van der Waals surface area contributed by atoms with Crippen LogP contribution >= 0.6 is 0 Å². The van der Waals surface area contributed by atoms with Gasteiger partial charge in [0.05, 0.1) is 17.6 Å². The molecule has 1 aromatic heterocycles. The van der Waals surface area contributed by atoms with Gasteiger partial charge in [0.2, 0.25) is 10.0 Å². The van der Waals surface area contributed by atoms with E-state index in [0.717, 1.165) is 6.26 Å². The number of sulfonamides is 1. The summed E-state index contributed by atoms with van der Waals surface area (Å²) >= 11 is 0. The molecule has 5 heteroatoms. The third kappa shape index (κ3) is 2.50. The van der Waals surface area contributed by atoms with Crippen LogP contribution in [0.2, 0.25) is 0 Å². The van der Waals surface area contributed by atoms with Crippen molar-refractivity contribution in [1.29, 1.82) is 0 Å². The van der Waals surface area contributed by atoms with Gasteiger partial charge in [-0.05, 0) is 19.1 Å². The largest absolute Gasteiger partial charge is 0.282 e. The van der Waals surface area contributed by atoms with Gasteiger partial charge in [-0.2, -0.15) is 0 Å². The van der Waals surface area contributed by atoms with Gasteiger partial charge in [-0.15, -0.1) is 0 Å². The van der Waals surface area contributed by atoms with E-state index < -0.39 is 10.0 Å². The molecule has 0 atom stereocenters. The molecule has 1 rings (SSSR count). The average Bonchev–Trinajstić information content (AvgIpc) is 1.91. The second kappa shape index (κ2) is 3.10. The molecule has 0 bridgehead atoms. The van der Waals surface area contributed by atoms with Crippen molar-refractivity contribution >= 4 is 15.7 Å². The Kier molecular flexibility index (Phi) is 2.32. The molecule has 0 spiro atoms. The third-order valence-electron chi connectivity index (χ3n) is 1.19. The highest BCUT2D eigenvalue weighted by Crippen LogP contribution is 2.10. The van der Waals surface area contributed by atoms with Crippen LogP contribution < -0.4 is 4.72 Å². The number of hydrogen-bond acceptors (Lipinski definition) is 3. The van der Waals surface area contributed by atoms with Gasteiger partial charge in [0, 0.05) is 6.20 Å². The first kappa shape index (κ1) is 8.99. The molecule has 1 radical (unpaired) electrons. The molecule has 0 fully saturated rings. The lowest BCUT2D eigenvalue weighted by Gasteiger charge is -2.04. The number of pyridine rings is 1. The molecule has 1 N–H and O–H groups in total. The van der Waals surface area contributed by atoms with Gasteiger partial charge in [-0.1, -0.05) is 0 Å². The molecule has 12 heavy (non-hydrogen) atoms. The third-order valence-corrected chi connectivity index (χ3v) is 1.78. The smallest absolute Gasteiger partial charge is 0.229 e. The topological polar surface area (TPSA) is 59.1 Å². The molecule has 0 amide bonds. The number of rotatable bonds is 2. The minimum Gasteiger partial charge on any atom is -0.282 e. The summed E-state index contributed by atoms with van der Waals surface area (Å²) in [6.45, 7) is 3.57. The number of nitrogens with one attached hydrogen (secondary N) is 1. The molecule has 1 heterocycles. The van der Waals surface area contributed by atoms with E-state index in [9.17, 15) is 8.42 Å². The zero-order valence-corrected chi connectivity index (χ0v) is 7.43. The van der Waals surface area contributed by atoms with E-state index in [1.54, 1.807) is 18.3 Å². The van der Waals surface area contributed by atoms with Crippen LogP contribution in [0, 0.1) is 6.92 Å². The predicted molar refractivity (Wildman–Crippen MR) is 47.2 cm³/mol. The summed E-state index contributed by atoms with van der Waals surface area (Å²) in [4.78, 5) is 3.83. The summed E-state index contributed by atoms with van der Waals surface area (Å²) in [5.41, 5.74) is 0.836. The molecular formula is C7H9N2O2S. The second-order valence-corrected chi connectivity index (χ2v) is 4.12. The molecule has 65 valence electrons. The summed E-state index contributed by atoms with van der Waals surface area (Å²) < 4.78 is 23.9. The Labute approximate surface area is 71.7 Å². The Balaban J connectivity index is 2.98. The molecule has 4 nitrogen and oxygen atoms in total. The summed E-state index contributed by atoms with van der Waals surface area (Å²) in [6.07, 6.45) is 2.63. The Bertz CT molecular complexity index is 373. The molecule has 0 saturated heterocycles. The van der Waals surface area contributed by atoms with Crippen molar-refractivity contribution in [3.8, 4) is 0 Å². The molecule has 0 unspecified atom stereocenters. The maximum absolute atomic E-state index is 10.8. The van der Waals surface area contributed by atoms with Crippen LogP contribution in [0.4, 0.5) is 5.69 Å². The van der Waals surface area contributed by atoms with Crippen molar-refractivity contribution < 1.29 is 8.42 Å². The second-order valence-electron chi connectivity index (χ2n) is 2.37. The normalized spacial score (nSPS) is 11.2. The van der Waals surface area contributed by atoms with Crippen molar-refractivity contribution in [1.82, 2.24) is 4.98 Å². The highest BCUT2D eigenvalue weighted by atomic mass is 32.2. The standard InChI is InChI=1S/C7H9N2O2S/c1-6-7(4-3-5-8-6)9-12(2,10)11/h3-5,9H,1H2,2H3. The van der Waals surface area contributed by atoms with Gasteiger partial charge in [0.15, 0.2) is 0 Å². The van der Waals surface area contributed by atoms with Crippen LogP contribution in [-0.4, -0.2) is 19.7 Å². The Morgan fingerprint density at radius 1 is 1.58 bits per heavy atom. The zero-order chi connectivity index (χ0) is 9.19. The monoisotopic (exact) mass is 185 g/mol. The van der Waals surface area contributed by atoms with Crippen molar-refractivity contribution in [2.45, 2.75) is 0 Å². The molecule has 0 saturated carbocycles. The van der Waals surface area contributed by atoms with E-state index in [1.807, 2.05) is 0 Å². The quantitative estimate of drug-likeness (QED) is 0.735. The molecule has 0 aromatic carbocycles. The van der Waals surface area contributed by atoms with Gasteiger partial charge >= 0.3 is 0 Å². The maximum atomic E-state index is 10.8. The summed E-state index contributed by atoms with van der Waals surface area (Å²) in [6, 6.07) is 3.25. The number of hydrogen-bond donors (Lipinski definition) is 1. The highest BCUT2D eigenvalue weighted by Gasteiger charge is 2.03. The van der Waals surface area contributed by atoms with Gasteiger partial charge in [-0.25, -0.2) is 8.42 Å². The number of nitrogens with zero attached hydrogens (tertiary/aromatic N) is 1. The van der Waals surface area contributed by atoms with Crippen molar-refractivity contribution in [3.05, 3.63) is 30.9 Å². The van der Waals surface area contributed by atoms with Crippen LogP contribution in [0.15, 0.2) is 18.3 Å². The first-order valence-electron chi connectivity index (χ1n) is 3.24. The van der Waals surface area contributed by atoms with Gasteiger partial charge in [0.25, 0.3) is 0 Å². The first-order chi connectivity index (χ1) is 5.49. The van der Waals surface area contributed by atoms with Gasteiger partial charge < -0.3 is 0 Å². The fraction of sp³-hybridized carbons (Fsp3) is 0.143. The fourth-order valence-electron chi connectivity index (χ4n) is 0.731. The Hall–Kier alpha value is -1.10. The lowest BCUT2D eigenvalue weighted by atomic mass is 10.3.